The third-order valence-corrected chi connectivity index (χ3v) is 4.47. The van der Waals surface area contributed by atoms with Gasteiger partial charge in [0.15, 0.2) is 11.5 Å². The molecule has 0 atom stereocenters. The lowest BCUT2D eigenvalue weighted by Crippen LogP contribution is -2.27. The first-order chi connectivity index (χ1) is 12.2. The molecule has 2 aromatic rings. The molecule has 0 saturated heterocycles. The van der Waals surface area contributed by atoms with Crippen LogP contribution in [0.5, 0.6) is 11.5 Å². The molecular formula is C20H25NO3S. The molecule has 0 unspecified atom stereocenters. The van der Waals surface area contributed by atoms with Crippen LogP contribution in [0.15, 0.2) is 53.4 Å². The summed E-state index contributed by atoms with van der Waals surface area (Å²) in [5.74, 6) is 1.99. The van der Waals surface area contributed by atoms with E-state index >= 15 is 0 Å². The summed E-state index contributed by atoms with van der Waals surface area (Å²) < 4.78 is 11.2. The van der Waals surface area contributed by atoms with Crippen LogP contribution in [0, 0.1) is 0 Å². The van der Waals surface area contributed by atoms with Crippen molar-refractivity contribution >= 4 is 17.7 Å². The van der Waals surface area contributed by atoms with E-state index in [4.69, 9.17) is 9.47 Å². The zero-order valence-corrected chi connectivity index (χ0v) is 15.6. The second kappa shape index (κ2) is 10.7. The van der Waals surface area contributed by atoms with Crippen LogP contribution >= 0.6 is 11.8 Å². The van der Waals surface area contributed by atoms with Gasteiger partial charge in [-0.05, 0) is 50.1 Å². The normalized spacial score (nSPS) is 10.3. The van der Waals surface area contributed by atoms with Crippen molar-refractivity contribution in [3.63, 3.8) is 0 Å². The molecule has 0 aliphatic rings. The van der Waals surface area contributed by atoms with E-state index in [0.717, 1.165) is 28.4 Å². The Bertz CT molecular complexity index is 661. The van der Waals surface area contributed by atoms with Gasteiger partial charge < -0.3 is 14.8 Å². The van der Waals surface area contributed by atoms with Crippen LogP contribution in [0.4, 0.5) is 0 Å². The van der Waals surface area contributed by atoms with E-state index < -0.39 is 0 Å². The van der Waals surface area contributed by atoms with Gasteiger partial charge in [-0.1, -0.05) is 24.3 Å². The minimum absolute atomic E-state index is 0.0461. The summed E-state index contributed by atoms with van der Waals surface area (Å²) in [6.07, 6.45) is 0.758. The van der Waals surface area contributed by atoms with E-state index in [2.05, 4.69) is 5.32 Å². The molecule has 0 aliphatic heterocycles. The Kier molecular flexibility index (Phi) is 8.19. The molecule has 1 amide bonds. The first kappa shape index (κ1) is 19.2. The number of carbonyl (C=O) groups excluding carboxylic acids is 1. The molecule has 25 heavy (non-hydrogen) atoms. The number of ether oxygens (including phenoxy) is 2. The summed E-state index contributed by atoms with van der Waals surface area (Å²) in [6.45, 7) is 5.71. The molecule has 2 rings (SSSR count). The van der Waals surface area contributed by atoms with Gasteiger partial charge in [0.2, 0.25) is 5.91 Å². The third kappa shape index (κ3) is 6.70. The number of hydrogen-bond donors (Lipinski definition) is 1. The lowest BCUT2D eigenvalue weighted by molar-refractivity contribution is -0.118. The molecule has 1 N–H and O–H groups in total. The quantitative estimate of drug-likeness (QED) is 0.653. The number of amides is 1. The van der Waals surface area contributed by atoms with Crippen molar-refractivity contribution in [2.75, 3.05) is 25.5 Å². The van der Waals surface area contributed by atoms with E-state index in [0.29, 0.717) is 25.5 Å². The van der Waals surface area contributed by atoms with E-state index in [1.165, 1.54) is 0 Å². The van der Waals surface area contributed by atoms with Gasteiger partial charge in [0.05, 0.1) is 19.0 Å². The first-order valence-corrected chi connectivity index (χ1v) is 9.54. The van der Waals surface area contributed by atoms with Crippen LogP contribution in [0.3, 0.4) is 0 Å². The number of carbonyl (C=O) groups is 1. The lowest BCUT2D eigenvalue weighted by Gasteiger charge is -2.12. The van der Waals surface area contributed by atoms with E-state index in [9.17, 15) is 4.79 Å². The van der Waals surface area contributed by atoms with E-state index in [-0.39, 0.29) is 5.91 Å². The highest BCUT2D eigenvalue weighted by atomic mass is 32.2. The fraction of sp³-hybridized carbons (Fsp3) is 0.350. The maximum atomic E-state index is 11.9. The van der Waals surface area contributed by atoms with E-state index in [1.54, 1.807) is 11.8 Å². The van der Waals surface area contributed by atoms with Crippen molar-refractivity contribution in [2.45, 2.75) is 25.2 Å². The summed E-state index contributed by atoms with van der Waals surface area (Å²) in [4.78, 5) is 13.0. The second-order valence-corrected chi connectivity index (χ2v) is 6.40. The van der Waals surface area contributed by atoms with E-state index in [1.807, 2.05) is 62.4 Å². The molecule has 0 spiro atoms. The third-order valence-electron chi connectivity index (χ3n) is 3.46. The Hall–Kier alpha value is -2.14. The van der Waals surface area contributed by atoms with Crippen molar-refractivity contribution in [1.29, 1.82) is 0 Å². The van der Waals surface area contributed by atoms with Gasteiger partial charge in [-0.2, -0.15) is 0 Å². The molecule has 0 fully saturated rings. The van der Waals surface area contributed by atoms with Crippen LogP contribution < -0.4 is 14.8 Å². The summed E-state index contributed by atoms with van der Waals surface area (Å²) in [7, 11) is 0. The molecule has 134 valence electrons. The average molecular weight is 359 g/mol. The highest BCUT2D eigenvalue weighted by Crippen LogP contribution is 2.28. The number of rotatable bonds is 10. The standard InChI is InChI=1S/C20H25NO3S/c1-3-23-18-11-10-16(14-19(18)24-4-2)12-13-21-20(22)15-25-17-8-6-5-7-9-17/h5-11,14H,3-4,12-13,15H2,1-2H3,(H,21,22). The van der Waals surface area contributed by atoms with Crippen molar-refractivity contribution in [2.24, 2.45) is 0 Å². The van der Waals surface area contributed by atoms with Gasteiger partial charge in [-0.25, -0.2) is 0 Å². The molecule has 0 saturated carbocycles. The van der Waals surface area contributed by atoms with Crippen LogP contribution in [0.25, 0.3) is 0 Å². The van der Waals surface area contributed by atoms with Gasteiger partial charge in [-0.3, -0.25) is 4.79 Å². The van der Waals surface area contributed by atoms with Gasteiger partial charge in [0.25, 0.3) is 0 Å². The van der Waals surface area contributed by atoms with Crippen molar-refractivity contribution in [3.8, 4) is 11.5 Å². The van der Waals surface area contributed by atoms with Crippen LogP contribution in [0.1, 0.15) is 19.4 Å². The smallest absolute Gasteiger partial charge is 0.230 e. The Morgan fingerprint density at radius 3 is 2.44 bits per heavy atom. The van der Waals surface area contributed by atoms with Crippen LogP contribution in [-0.2, 0) is 11.2 Å². The Morgan fingerprint density at radius 2 is 1.72 bits per heavy atom. The number of benzene rings is 2. The predicted octanol–water partition coefficient (Wildman–Crippen LogP) is 3.94. The summed E-state index contributed by atoms with van der Waals surface area (Å²) in [6, 6.07) is 15.9. The fourth-order valence-electron chi connectivity index (χ4n) is 2.31. The maximum absolute atomic E-state index is 11.9. The molecule has 0 radical (unpaired) electrons. The molecular weight excluding hydrogens is 334 g/mol. The minimum atomic E-state index is 0.0461. The highest BCUT2D eigenvalue weighted by Gasteiger charge is 2.07. The van der Waals surface area contributed by atoms with Crippen molar-refractivity contribution in [1.82, 2.24) is 5.32 Å². The molecule has 0 aliphatic carbocycles. The summed E-state index contributed by atoms with van der Waals surface area (Å²) in [5, 5.41) is 2.96. The van der Waals surface area contributed by atoms with Gasteiger partial charge >= 0.3 is 0 Å². The minimum Gasteiger partial charge on any atom is -0.490 e. The average Bonchev–Trinajstić information content (AvgIpc) is 2.63. The fourth-order valence-corrected chi connectivity index (χ4v) is 3.06. The number of nitrogens with one attached hydrogen (secondary N) is 1. The zero-order chi connectivity index (χ0) is 17.9. The Morgan fingerprint density at radius 1 is 1.00 bits per heavy atom. The number of thioether (sulfide) groups is 1. The van der Waals surface area contributed by atoms with Gasteiger partial charge in [0.1, 0.15) is 0 Å². The molecule has 2 aromatic carbocycles. The topological polar surface area (TPSA) is 47.6 Å². The van der Waals surface area contributed by atoms with Crippen molar-refractivity contribution < 1.29 is 14.3 Å². The second-order valence-electron chi connectivity index (χ2n) is 5.35. The largest absolute Gasteiger partial charge is 0.490 e. The SMILES string of the molecule is CCOc1ccc(CCNC(=O)CSc2ccccc2)cc1OCC. The number of hydrogen-bond acceptors (Lipinski definition) is 4. The molecule has 4 nitrogen and oxygen atoms in total. The van der Waals surface area contributed by atoms with Crippen LogP contribution in [0.2, 0.25) is 0 Å². The summed E-state index contributed by atoms with van der Waals surface area (Å²) >= 11 is 1.54. The summed E-state index contributed by atoms with van der Waals surface area (Å²) in [5.41, 5.74) is 1.11. The molecule has 5 heteroatoms. The lowest BCUT2D eigenvalue weighted by atomic mass is 10.1. The molecule has 0 bridgehead atoms. The van der Waals surface area contributed by atoms with Gasteiger partial charge in [0, 0.05) is 11.4 Å². The van der Waals surface area contributed by atoms with Gasteiger partial charge in [-0.15, -0.1) is 11.8 Å². The van der Waals surface area contributed by atoms with Crippen LogP contribution in [-0.4, -0.2) is 31.4 Å². The Labute approximate surface area is 153 Å². The Balaban J connectivity index is 1.78. The predicted molar refractivity (Wildman–Crippen MR) is 103 cm³/mol. The highest BCUT2D eigenvalue weighted by molar-refractivity contribution is 8.00. The first-order valence-electron chi connectivity index (χ1n) is 8.56. The monoisotopic (exact) mass is 359 g/mol. The zero-order valence-electron chi connectivity index (χ0n) is 14.8. The molecule has 0 heterocycles. The maximum Gasteiger partial charge on any atom is 0.230 e. The molecule has 0 aromatic heterocycles. The van der Waals surface area contributed by atoms with Crippen molar-refractivity contribution in [3.05, 3.63) is 54.1 Å².